The number of anilines is 1. The van der Waals surface area contributed by atoms with Crippen LogP contribution >= 0.6 is 0 Å². The Morgan fingerprint density at radius 1 is 1.05 bits per heavy atom. The van der Waals surface area contributed by atoms with Crippen LogP contribution in [0.3, 0.4) is 0 Å². The highest BCUT2D eigenvalue weighted by Gasteiger charge is 2.34. The van der Waals surface area contributed by atoms with E-state index in [0.29, 0.717) is 22.8 Å². The normalized spacial score (nSPS) is 11.8. The Labute approximate surface area is 250 Å². The summed E-state index contributed by atoms with van der Waals surface area (Å²) in [6.45, 7) is 1.42. The Kier molecular flexibility index (Phi) is 11.6. The van der Waals surface area contributed by atoms with Gasteiger partial charge in [0.1, 0.15) is 29.8 Å². The van der Waals surface area contributed by atoms with E-state index >= 15 is 0 Å². The van der Waals surface area contributed by atoms with Crippen molar-refractivity contribution in [2.75, 3.05) is 30.8 Å². The summed E-state index contributed by atoms with van der Waals surface area (Å²) in [7, 11) is -2.92. The van der Waals surface area contributed by atoms with E-state index in [-0.39, 0.29) is 24.4 Å². The van der Waals surface area contributed by atoms with Crippen molar-refractivity contribution in [2.24, 2.45) is 0 Å². The van der Waals surface area contributed by atoms with Gasteiger partial charge in [-0.15, -0.1) is 0 Å². The zero-order chi connectivity index (χ0) is 31.6. The first-order valence-electron chi connectivity index (χ1n) is 13.6. The highest BCUT2D eigenvalue weighted by Crippen LogP contribution is 2.34. The molecule has 3 rings (SSSR count). The molecular weight excluding hydrogens is 579 g/mol. The van der Waals surface area contributed by atoms with E-state index in [4.69, 9.17) is 4.74 Å². The lowest BCUT2D eigenvalue weighted by molar-refractivity contribution is -0.384. The maximum atomic E-state index is 14.1. The van der Waals surface area contributed by atoms with Gasteiger partial charge in [-0.25, -0.2) is 12.8 Å². The summed E-state index contributed by atoms with van der Waals surface area (Å²) in [6, 6.07) is 16.8. The van der Waals surface area contributed by atoms with Crippen molar-refractivity contribution in [1.82, 2.24) is 10.2 Å². The van der Waals surface area contributed by atoms with Crippen LogP contribution in [0.5, 0.6) is 5.75 Å². The lowest BCUT2D eigenvalue weighted by Gasteiger charge is -2.33. The van der Waals surface area contributed by atoms with Crippen molar-refractivity contribution in [2.45, 2.75) is 38.8 Å². The number of carbonyl (C=O) groups is 2. The minimum absolute atomic E-state index is 0.00736. The second-order valence-corrected chi connectivity index (χ2v) is 11.8. The van der Waals surface area contributed by atoms with Gasteiger partial charge in [0.15, 0.2) is 0 Å². The molecule has 0 saturated heterocycles. The second-order valence-electron chi connectivity index (χ2n) is 9.88. The van der Waals surface area contributed by atoms with Crippen LogP contribution in [0.15, 0.2) is 72.8 Å². The third-order valence-corrected chi connectivity index (χ3v) is 7.81. The Bertz CT molecular complexity index is 1520. The molecule has 0 fully saturated rings. The molecule has 0 aliphatic heterocycles. The molecule has 0 aromatic heterocycles. The molecular formula is C30H35FN4O7S. The van der Waals surface area contributed by atoms with Gasteiger partial charge in [-0.05, 0) is 35.7 Å². The summed E-state index contributed by atoms with van der Waals surface area (Å²) >= 11 is 0. The first-order chi connectivity index (χ1) is 20.4. The Balaban J connectivity index is 2.10. The van der Waals surface area contributed by atoms with Crippen molar-refractivity contribution in [3.05, 3.63) is 99.9 Å². The average molecular weight is 615 g/mol. The number of nitrogens with one attached hydrogen (secondary N) is 1. The largest absolute Gasteiger partial charge is 0.495 e. The van der Waals surface area contributed by atoms with Crippen molar-refractivity contribution < 1.29 is 32.1 Å². The van der Waals surface area contributed by atoms with E-state index in [2.05, 4.69) is 5.32 Å². The second kappa shape index (κ2) is 15.1. The molecule has 0 heterocycles. The van der Waals surface area contributed by atoms with Gasteiger partial charge < -0.3 is 15.0 Å². The quantitative estimate of drug-likeness (QED) is 0.155. The number of methoxy groups -OCH3 is 1. The molecule has 0 aliphatic rings. The minimum Gasteiger partial charge on any atom is -0.495 e. The van der Waals surface area contributed by atoms with Crippen LogP contribution in [0.1, 0.15) is 30.9 Å². The van der Waals surface area contributed by atoms with Crippen LogP contribution in [-0.4, -0.2) is 62.6 Å². The number of ether oxygens (including phenoxy) is 1. The number of sulfonamides is 1. The van der Waals surface area contributed by atoms with Crippen molar-refractivity contribution in [1.29, 1.82) is 0 Å². The molecule has 0 unspecified atom stereocenters. The lowest BCUT2D eigenvalue weighted by Crippen LogP contribution is -2.53. The average Bonchev–Trinajstić information content (AvgIpc) is 2.98. The van der Waals surface area contributed by atoms with Crippen LogP contribution in [0.25, 0.3) is 0 Å². The van der Waals surface area contributed by atoms with E-state index in [9.17, 15) is 32.5 Å². The number of non-ortho nitro benzene ring substituents is 1. The summed E-state index contributed by atoms with van der Waals surface area (Å²) in [4.78, 5) is 39.8. The number of rotatable bonds is 15. The number of nitro groups is 1. The molecule has 1 atom stereocenters. The summed E-state index contributed by atoms with van der Waals surface area (Å²) in [5.41, 5.74) is 0.655. The summed E-state index contributed by atoms with van der Waals surface area (Å²) in [5, 5.41) is 14.3. The van der Waals surface area contributed by atoms with Gasteiger partial charge in [0, 0.05) is 31.6 Å². The lowest BCUT2D eigenvalue weighted by atomic mass is 10.0. The van der Waals surface area contributed by atoms with Crippen LogP contribution in [0.2, 0.25) is 0 Å². The summed E-state index contributed by atoms with van der Waals surface area (Å²) in [5.74, 6) is -1.69. The standard InChI is InChI=1S/C30H35FN4O7S/c1-4-5-17-32-30(37)27(18-22-9-7-6-8-10-22)33(20-23-11-13-24(31)14-12-23)29(36)21-34(43(3,40)41)26-19-25(35(38)39)15-16-28(26)42-2/h6-16,19,27H,4-5,17-18,20-21H2,1-3H3,(H,32,37)/t27-/m0/s1. The number of nitrogens with zero attached hydrogens (tertiary/aromatic N) is 3. The molecule has 3 aromatic carbocycles. The molecule has 1 N–H and O–H groups in total. The van der Waals surface area contributed by atoms with Crippen LogP contribution in [-0.2, 0) is 32.6 Å². The third kappa shape index (κ3) is 9.23. The monoisotopic (exact) mass is 614 g/mol. The number of amides is 2. The summed E-state index contributed by atoms with van der Waals surface area (Å²) in [6.07, 6.45) is 2.52. The fourth-order valence-electron chi connectivity index (χ4n) is 4.43. The van der Waals surface area contributed by atoms with Gasteiger partial charge in [0.05, 0.1) is 18.3 Å². The predicted molar refractivity (Wildman–Crippen MR) is 161 cm³/mol. The fraction of sp³-hybridized carbons (Fsp3) is 0.333. The number of benzene rings is 3. The third-order valence-electron chi connectivity index (χ3n) is 6.69. The molecule has 11 nitrogen and oxygen atoms in total. The van der Waals surface area contributed by atoms with E-state index in [1.165, 1.54) is 42.3 Å². The van der Waals surface area contributed by atoms with E-state index in [1.807, 2.05) is 25.1 Å². The fourth-order valence-corrected chi connectivity index (χ4v) is 5.27. The van der Waals surface area contributed by atoms with Gasteiger partial charge in [0.25, 0.3) is 5.69 Å². The first kappa shape index (κ1) is 33.0. The maximum absolute atomic E-state index is 14.1. The number of hydrogen-bond donors (Lipinski definition) is 1. The molecule has 2 amide bonds. The van der Waals surface area contributed by atoms with Crippen molar-refractivity contribution in [3.63, 3.8) is 0 Å². The number of unbranched alkanes of at least 4 members (excludes halogenated alkanes) is 1. The molecule has 0 spiro atoms. The van der Waals surface area contributed by atoms with Crippen LogP contribution in [0, 0.1) is 15.9 Å². The van der Waals surface area contributed by atoms with Crippen LogP contribution < -0.4 is 14.4 Å². The molecule has 43 heavy (non-hydrogen) atoms. The van der Waals surface area contributed by atoms with E-state index < -0.39 is 50.9 Å². The SMILES string of the molecule is CCCCNC(=O)[C@H](Cc1ccccc1)N(Cc1ccc(F)cc1)C(=O)CN(c1cc([N+](=O)[O-])ccc1OC)S(C)(=O)=O. The zero-order valence-corrected chi connectivity index (χ0v) is 25.1. The molecule has 0 bridgehead atoms. The number of carbonyl (C=O) groups excluding carboxylic acids is 2. The number of halogens is 1. The molecule has 0 saturated carbocycles. The van der Waals surface area contributed by atoms with Gasteiger partial charge in [-0.2, -0.15) is 0 Å². The van der Waals surface area contributed by atoms with Crippen molar-refractivity contribution >= 4 is 33.2 Å². The minimum atomic E-state index is -4.19. The summed E-state index contributed by atoms with van der Waals surface area (Å²) < 4.78 is 45.7. The molecule has 13 heteroatoms. The topological polar surface area (TPSA) is 139 Å². The van der Waals surface area contributed by atoms with Crippen LogP contribution in [0.4, 0.5) is 15.8 Å². The highest BCUT2D eigenvalue weighted by molar-refractivity contribution is 7.92. The maximum Gasteiger partial charge on any atom is 0.271 e. The Morgan fingerprint density at radius 3 is 2.30 bits per heavy atom. The first-order valence-corrected chi connectivity index (χ1v) is 15.4. The Morgan fingerprint density at radius 2 is 1.72 bits per heavy atom. The highest BCUT2D eigenvalue weighted by atomic mass is 32.2. The molecule has 3 aromatic rings. The van der Waals surface area contributed by atoms with E-state index in [0.717, 1.165) is 30.4 Å². The predicted octanol–water partition coefficient (Wildman–Crippen LogP) is 4.06. The van der Waals surface area contributed by atoms with Gasteiger partial charge in [-0.3, -0.25) is 24.0 Å². The van der Waals surface area contributed by atoms with E-state index in [1.54, 1.807) is 12.1 Å². The number of nitro benzene ring substituents is 1. The molecule has 230 valence electrons. The number of hydrogen-bond acceptors (Lipinski definition) is 7. The van der Waals surface area contributed by atoms with Gasteiger partial charge >= 0.3 is 0 Å². The van der Waals surface area contributed by atoms with Gasteiger partial charge in [0.2, 0.25) is 21.8 Å². The Hall–Kier alpha value is -4.52. The zero-order valence-electron chi connectivity index (χ0n) is 24.2. The van der Waals surface area contributed by atoms with Crippen molar-refractivity contribution in [3.8, 4) is 5.75 Å². The molecule has 0 aliphatic carbocycles. The van der Waals surface area contributed by atoms with Gasteiger partial charge in [-0.1, -0.05) is 55.8 Å². The molecule has 0 radical (unpaired) electrons. The smallest absolute Gasteiger partial charge is 0.271 e.